The number of hydrogen-bond acceptors (Lipinski definition) is 4. The number of para-hydroxylation sites is 1. The molecule has 2 aromatic carbocycles. The van der Waals surface area contributed by atoms with Gasteiger partial charge in [0.2, 0.25) is 0 Å². The summed E-state index contributed by atoms with van der Waals surface area (Å²) in [4.78, 5) is 10.1. The number of aromatic nitrogens is 5. The highest BCUT2D eigenvalue weighted by atomic mass is 15.3. The van der Waals surface area contributed by atoms with Crippen molar-refractivity contribution in [2.24, 2.45) is 0 Å². The summed E-state index contributed by atoms with van der Waals surface area (Å²) in [6, 6.07) is 20.6. The molecule has 1 N–H and O–H groups in total. The van der Waals surface area contributed by atoms with E-state index in [1.54, 1.807) is 6.33 Å². The average Bonchev–Trinajstić information content (AvgIpc) is 3.39. The molecule has 0 spiro atoms. The first kappa shape index (κ1) is 14.7. The number of nitrogens with one attached hydrogen (secondary N) is 1. The molecule has 0 amide bonds. The quantitative estimate of drug-likeness (QED) is 0.538. The number of H-pyrrole nitrogens is 1. The van der Waals surface area contributed by atoms with Crippen molar-refractivity contribution >= 4 is 28.2 Å². The lowest BCUT2D eigenvalue weighted by Crippen LogP contribution is -2.12. The van der Waals surface area contributed by atoms with Crippen LogP contribution >= 0.6 is 0 Å². The molecule has 6 heteroatoms. The fraction of sp³-hybridized carbons (Fsp3) is 0.0500. The smallest absolute Gasteiger partial charge is 0.257 e. The number of anilines is 2. The van der Waals surface area contributed by atoms with Crippen LogP contribution in [-0.2, 0) is 0 Å². The number of rotatable bonds is 3. The summed E-state index contributed by atoms with van der Waals surface area (Å²) in [6.45, 7) is 0. The molecule has 3 aromatic heterocycles. The molecule has 0 fully saturated rings. The zero-order valence-corrected chi connectivity index (χ0v) is 14.2. The molecule has 5 aromatic rings. The van der Waals surface area contributed by atoms with E-state index in [-0.39, 0.29) is 0 Å². The van der Waals surface area contributed by atoms with Crippen molar-refractivity contribution in [3.05, 3.63) is 73.2 Å². The zero-order chi connectivity index (χ0) is 17.5. The van der Waals surface area contributed by atoms with Gasteiger partial charge < -0.3 is 9.88 Å². The summed E-state index contributed by atoms with van der Waals surface area (Å²) in [5.41, 5.74) is 4.27. The van der Waals surface area contributed by atoms with Crippen LogP contribution in [0, 0.1) is 0 Å². The highest BCUT2D eigenvalue weighted by Gasteiger charge is 2.15. The van der Waals surface area contributed by atoms with Crippen LogP contribution in [0.25, 0.3) is 27.9 Å². The van der Waals surface area contributed by atoms with E-state index in [4.69, 9.17) is 4.98 Å². The molecule has 0 aliphatic rings. The summed E-state index contributed by atoms with van der Waals surface area (Å²) >= 11 is 0. The third-order valence-corrected chi connectivity index (χ3v) is 4.60. The summed E-state index contributed by atoms with van der Waals surface area (Å²) in [6.07, 6.45) is 3.63. The molecule has 0 atom stereocenters. The molecule has 5 rings (SSSR count). The van der Waals surface area contributed by atoms with Crippen molar-refractivity contribution in [2.45, 2.75) is 0 Å². The Kier molecular flexibility index (Phi) is 3.21. The third kappa shape index (κ3) is 2.23. The van der Waals surface area contributed by atoms with Gasteiger partial charge in [-0.3, -0.25) is 4.40 Å². The second-order valence-electron chi connectivity index (χ2n) is 6.15. The van der Waals surface area contributed by atoms with Crippen molar-refractivity contribution in [1.82, 2.24) is 24.6 Å². The van der Waals surface area contributed by atoms with Crippen LogP contribution < -0.4 is 4.90 Å². The lowest BCUT2D eigenvalue weighted by molar-refractivity contribution is 1.08. The van der Waals surface area contributed by atoms with E-state index in [0.717, 1.165) is 33.7 Å². The maximum Gasteiger partial charge on any atom is 0.257 e. The van der Waals surface area contributed by atoms with Gasteiger partial charge in [-0.25, -0.2) is 0 Å². The van der Waals surface area contributed by atoms with Crippen molar-refractivity contribution in [2.75, 3.05) is 11.9 Å². The predicted octanol–water partition coefficient (Wildman–Crippen LogP) is 4.04. The molecule has 126 valence electrons. The fourth-order valence-electron chi connectivity index (χ4n) is 3.26. The van der Waals surface area contributed by atoms with Crippen molar-refractivity contribution in [3.63, 3.8) is 0 Å². The molecule has 26 heavy (non-hydrogen) atoms. The number of hydrogen-bond donors (Lipinski definition) is 1. The number of fused-ring (bicyclic) bond motifs is 3. The lowest BCUT2D eigenvalue weighted by Gasteiger charge is -2.20. The van der Waals surface area contributed by atoms with Crippen LogP contribution in [0.1, 0.15) is 0 Å². The minimum atomic E-state index is 0.582. The molecule has 6 nitrogen and oxygen atoms in total. The van der Waals surface area contributed by atoms with Gasteiger partial charge >= 0.3 is 0 Å². The molecule has 0 saturated carbocycles. The van der Waals surface area contributed by atoms with Crippen LogP contribution in [0.5, 0.6) is 0 Å². The monoisotopic (exact) mass is 340 g/mol. The molecule has 0 saturated heterocycles. The van der Waals surface area contributed by atoms with E-state index in [1.165, 1.54) is 0 Å². The number of aromatic amines is 1. The highest BCUT2D eigenvalue weighted by Crippen LogP contribution is 2.32. The van der Waals surface area contributed by atoms with E-state index in [1.807, 2.05) is 41.9 Å². The number of benzene rings is 2. The van der Waals surface area contributed by atoms with E-state index >= 15 is 0 Å². The Hall–Kier alpha value is -3.67. The second kappa shape index (κ2) is 5.70. The van der Waals surface area contributed by atoms with Crippen LogP contribution in [0.15, 0.2) is 73.2 Å². The highest BCUT2D eigenvalue weighted by molar-refractivity contribution is 5.95. The van der Waals surface area contributed by atoms with Crippen LogP contribution in [0.4, 0.5) is 11.5 Å². The summed E-state index contributed by atoms with van der Waals surface area (Å²) in [5, 5.41) is 9.25. The molecular formula is C20H16N6. The largest absolute Gasteiger partial charge is 0.361 e. The van der Waals surface area contributed by atoms with Crippen LogP contribution in [0.3, 0.4) is 0 Å². The van der Waals surface area contributed by atoms with Crippen molar-refractivity contribution < 1.29 is 0 Å². The first-order valence-corrected chi connectivity index (χ1v) is 8.37. The van der Waals surface area contributed by atoms with Gasteiger partial charge in [0.05, 0.1) is 5.52 Å². The first-order valence-electron chi connectivity index (χ1n) is 8.37. The Balaban J connectivity index is 1.78. The first-order chi connectivity index (χ1) is 12.8. The maximum absolute atomic E-state index is 4.74. The minimum absolute atomic E-state index is 0.582. The summed E-state index contributed by atoms with van der Waals surface area (Å²) < 4.78 is 1.92. The van der Waals surface area contributed by atoms with Crippen molar-refractivity contribution in [1.29, 1.82) is 0 Å². The maximum atomic E-state index is 4.74. The molecule has 0 bridgehead atoms. The van der Waals surface area contributed by atoms with E-state index < -0.39 is 0 Å². The summed E-state index contributed by atoms with van der Waals surface area (Å²) in [7, 11) is 2.02. The van der Waals surface area contributed by atoms with E-state index in [9.17, 15) is 0 Å². The molecular weight excluding hydrogens is 324 g/mol. The second-order valence-corrected chi connectivity index (χ2v) is 6.15. The van der Waals surface area contributed by atoms with Crippen LogP contribution in [-0.4, -0.2) is 31.6 Å². The lowest BCUT2D eigenvalue weighted by atomic mass is 10.1. The molecule has 0 unspecified atom stereocenters. The topological polar surface area (TPSA) is 62.1 Å². The Morgan fingerprint density at radius 1 is 1.00 bits per heavy atom. The van der Waals surface area contributed by atoms with Gasteiger partial charge in [-0.15, -0.1) is 10.2 Å². The Morgan fingerprint density at radius 3 is 2.69 bits per heavy atom. The van der Waals surface area contributed by atoms with E-state index in [2.05, 4.69) is 56.5 Å². The average molecular weight is 340 g/mol. The predicted molar refractivity (Wildman–Crippen MR) is 103 cm³/mol. The van der Waals surface area contributed by atoms with Gasteiger partial charge in [-0.1, -0.05) is 24.3 Å². The molecule has 3 heterocycles. The zero-order valence-electron chi connectivity index (χ0n) is 14.2. The standard InChI is InChI=1S/C20H16N6/c1-25(15-6-3-2-4-7-15)19-16-10-9-14(17-8-5-11-21-17)12-18(16)26-13-22-24-20(26)23-19/h2-13,21H,1H3. The van der Waals surface area contributed by atoms with Gasteiger partial charge in [0.25, 0.3) is 5.78 Å². The summed E-state index contributed by atoms with van der Waals surface area (Å²) in [5.74, 6) is 1.43. The third-order valence-electron chi connectivity index (χ3n) is 4.60. The Bertz CT molecular complexity index is 1190. The molecule has 0 aliphatic heterocycles. The fourth-order valence-corrected chi connectivity index (χ4v) is 3.26. The van der Waals surface area contributed by atoms with Gasteiger partial charge in [0.1, 0.15) is 12.1 Å². The molecule has 0 radical (unpaired) electrons. The van der Waals surface area contributed by atoms with E-state index in [0.29, 0.717) is 5.78 Å². The van der Waals surface area contributed by atoms with Gasteiger partial charge in [0, 0.05) is 35.6 Å². The van der Waals surface area contributed by atoms with Crippen LogP contribution in [0.2, 0.25) is 0 Å². The Morgan fingerprint density at radius 2 is 1.88 bits per heavy atom. The van der Waals surface area contributed by atoms with Gasteiger partial charge in [0.15, 0.2) is 0 Å². The minimum Gasteiger partial charge on any atom is -0.361 e. The van der Waals surface area contributed by atoms with Gasteiger partial charge in [-0.05, 0) is 36.4 Å². The SMILES string of the molecule is CN(c1ccccc1)c1nc2nncn2c2cc(-c3ccc[nH]3)ccc12. The van der Waals surface area contributed by atoms with Crippen molar-refractivity contribution in [3.8, 4) is 11.3 Å². The van der Waals surface area contributed by atoms with Gasteiger partial charge in [-0.2, -0.15) is 4.98 Å². The number of nitrogens with zero attached hydrogens (tertiary/aromatic N) is 5. The molecule has 0 aliphatic carbocycles. The Labute approximate surface area is 149 Å². The normalized spacial score (nSPS) is 11.3.